The van der Waals surface area contributed by atoms with Gasteiger partial charge < -0.3 is 14.7 Å². The van der Waals surface area contributed by atoms with E-state index in [0.717, 1.165) is 24.8 Å². The highest BCUT2D eigenvalue weighted by Gasteiger charge is 2.28. The van der Waals surface area contributed by atoms with E-state index in [-0.39, 0.29) is 29.7 Å². The molecule has 1 aliphatic carbocycles. The van der Waals surface area contributed by atoms with E-state index < -0.39 is 10.0 Å². The summed E-state index contributed by atoms with van der Waals surface area (Å²) in [6.07, 6.45) is 10.8. The molecule has 1 aliphatic heterocycles. The first kappa shape index (κ1) is 24.4. The number of halogens is 1. The number of piperazine rings is 1. The van der Waals surface area contributed by atoms with Crippen molar-refractivity contribution in [1.29, 1.82) is 0 Å². The summed E-state index contributed by atoms with van der Waals surface area (Å²) in [6, 6.07) is 1.59. The molecule has 1 saturated heterocycles. The van der Waals surface area contributed by atoms with Crippen LogP contribution in [0.5, 0.6) is 0 Å². The van der Waals surface area contributed by atoms with E-state index in [4.69, 9.17) is 4.52 Å². The van der Waals surface area contributed by atoms with E-state index in [1.807, 2.05) is 0 Å². The van der Waals surface area contributed by atoms with Crippen LogP contribution in [0.25, 0.3) is 0 Å². The van der Waals surface area contributed by atoms with Crippen LogP contribution >= 0.6 is 24.0 Å². The van der Waals surface area contributed by atoms with Gasteiger partial charge in [0.25, 0.3) is 0 Å². The average Bonchev–Trinajstić information content (AvgIpc) is 3.39. The predicted molar refractivity (Wildman–Crippen MR) is 125 cm³/mol. The Balaban J connectivity index is 0.00000300. The number of hydrogen-bond donors (Lipinski definition) is 1. The van der Waals surface area contributed by atoms with Crippen molar-refractivity contribution in [3.63, 3.8) is 0 Å². The number of nitrogens with one attached hydrogen (secondary N) is 1. The van der Waals surface area contributed by atoms with Crippen molar-refractivity contribution in [2.24, 2.45) is 10.9 Å². The molecule has 0 radical (unpaired) electrons. The lowest BCUT2D eigenvalue weighted by atomic mass is 10.0. The molecular weight excluding hydrogens is 505 g/mol. The van der Waals surface area contributed by atoms with Gasteiger partial charge in [-0.2, -0.15) is 4.31 Å². The highest BCUT2D eigenvalue weighted by atomic mass is 127. The summed E-state index contributed by atoms with van der Waals surface area (Å²) in [5.41, 5.74) is 0.442. The van der Waals surface area contributed by atoms with E-state index in [1.165, 1.54) is 49.1 Å². The first-order valence-electron chi connectivity index (χ1n) is 10.4. The van der Waals surface area contributed by atoms with Crippen molar-refractivity contribution in [2.45, 2.75) is 50.7 Å². The van der Waals surface area contributed by atoms with Gasteiger partial charge in [-0.25, -0.2) is 8.42 Å². The summed E-state index contributed by atoms with van der Waals surface area (Å²) in [7, 11) is -1.58. The van der Waals surface area contributed by atoms with Crippen LogP contribution in [0.15, 0.2) is 21.8 Å². The second-order valence-electron chi connectivity index (χ2n) is 7.75. The number of unbranched alkanes of at least 4 members (excludes halogenated alkanes) is 1. The molecule has 2 aliphatic rings. The molecule has 0 unspecified atom stereocenters. The standard InChI is InChI=1S/C19H33N5O3S.HI/c1-20-19(21-10-5-4-8-17-6-2-3-7-17)23-11-13-24(14-12-23)28(25,26)16-18-9-15-27-22-18;/h9,15,17H,2-8,10-14,16H2,1H3,(H,20,21);1H. The maximum absolute atomic E-state index is 12.5. The molecule has 1 N–H and O–H groups in total. The van der Waals surface area contributed by atoms with Gasteiger partial charge in [-0.15, -0.1) is 24.0 Å². The van der Waals surface area contributed by atoms with Crippen molar-refractivity contribution >= 4 is 40.0 Å². The Morgan fingerprint density at radius 1 is 1.24 bits per heavy atom. The van der Waals surface area contributed by atoms with Gasteiger partial charge in [0.2, 0.25) is 10.0 Å². The Morgan fingerprint density at radius 2 is 1.97 bits per heavy atom. The minimum absolute atomic E-state index is 0. The third-order valence-corrected chi connectivity index (χ3v) is 7.57. The van der Waals surface area contributed by atoms with Crippen molar-refractivity contribution in [2.75, 3.05) is 39.8 Å². The summed E-state index contributed by atoms with van der Waals surface area (Å²) in [5, 5.41) is 7.15. The van der Waals surface area contributed by atoms with E-state index in [2.05, 4.69) is 20.4 Å². The van der Waals surface area contributed by atoms with Crippen LogP contribution < -0.4 is 5.32 Å². The third-order valence-electron chi connectivity index (χ3n) is 5.76. The minimum atomic E-state index is -3.37. The first-order valence-corrected chi connectivity index (χ1v) is 12.0. The fourth-order valence-electron chi connectivity index (χ4n) is 4.16. The van der Waals surface area contributed by atoms with Crippen LogP contribution in [0.1, 0.15) is 50.6 Å². The third kappa shape index (κ3) is 7.39. The van der Waals surface area contributed by atoms with Crippen molar-refractivity contribution in [3.05, 3.63) is 18.0 Å². The quantitative estimate of drug-likeness (QED) is 0.237. The number of guanidine groups is 1. The zero-order valence-corrected chi connectivity index (χ0v) is 20.4. The fraction of sp³-hybridized carbons (Fsp3) is 0.789. The lowest BCUT2D eigenvalue weighted by Gasteiger charge is -2.35. The van der Waals surface area contributed by atoms with Gasteiger partial charge in [0, 0.05) is 45.8 Å². The molecule has 10 heteroatoms. The number of nitrogens with zero attached hydrogens (tertiary/aromatic N) is 4. The number of aromatic nitrogens is 1. The van der Waals surface area contributed by atoms with E-state index >= 15 is 0 Å². The Labute approximate surface area is 191 Å². The molecule has 2 fully saturated rings. The molecule has 0 amide bonds. The van der Waals surface area contributed by atoms with Gasteiger partial charge in [-0.05, 0) is 12.3 Å². The van der Waals surface area contributed by atoms with E-state index in [1.54, 1.807) is 13.1 Å². The largest absolute Gasteiger partial charge is 0.364 e. The number of rotatable bonds is 8. The summed E-state index contributed by atoms with van der Waals surface area (Å²) >= 11 is 0. The molecule has 0 aromatic carbocycles. The molecule has 1 aromatic rings. The van der Waals surface area contributed by atoms with Crippen molar-refractivity contribution in [1.82, 2.24) is 19.7 Å². The molecule has 0 spiro atoms. The van der Waals surface area contributed by atoms with Gasteiger partial charge in [0.15, 0.2) is 5.96 Å². The number of sulfonamides is 1. The smallest absolute Gasteiger partial charge is 0.220 e. The van der Waals surface area contributed by atoms with Crippen LogP contribution in [-0.2, 0) is 15.8 Å². The van der Waals surface area contributed by atoms with Gasteiger partial charge in [-0.3, -0.25) is 4.99 Å². The van der Waals surface area contributed by atoms with Gasteiger partial charge >= 0.3 is 0 Å². The minimum Gasteiger partial charge on any atom is -0.364 e. The normalized spacial score (nSPS) is 19.3. The number of aliphatic imine (C=N–C) groups is 1. The lowest BCUT2D eigenvalue weighted by molar-refractivity contribution is 0.259. The summed E-state index contributed by atoms with van der Waals surface area (Å²) in [4.78, 5) is 6.51. The van der Waals surface area contributed by atoms with Gasteiger partial charge in [0.1, 0.15) is 12.0 Å². The Morgan fingerprint density at radius 3 is 2.59 bits per heavy atom. The Bertz CT molecular complexity index is 712. The van der Waals surface area contributed by atoms with Gasteiger partial charge in [-0.1, -0.05) is 43.7 Å². The zero-order chi connectivity index (χ0) is 19.8. The maximum Gasteiger partial charge on any atom is 0.220 e. The summed E-state index contributed by atoms with van der Waals surface area (Å²) < 4.78 is 31.3. The van der Waals surface area contributed by atoms with Crippen LogP contribution in [0, 0.1) is 5.92 Å². The monoisotopic (exact) mass is 539 g/mol. The maximum atomic E-state index is 12.5. The van der Waals surface area contributed by atoms with Crippen LogP contribution in [0.3, 0.4) is 0 Å². The Hall–Kier alpha value is -0.880. The fourth-order valence-corrected chi connectivity index (χ4v) is 5.58. The number of hydrogen-bond acceptors (Lipinski definition) is 5. The summed E-state index contributed by atoms with van der Waals surface area (Å²) in [5.74, 6) is 1.71. The molecule has 0 bridgehead atoms. The van der Waals surface area contributed by atoms with Gasteiger partial charge in [0.05, 0.1) is 5.69 Å². The molecule has 3 rings (SSSR count). The lowest BCUT2D eigenvalue weighted by Crippen LogP contribution is -2.54. The average molecular weight is 539 g/mol. The van der Waals surface area contributed by atoms with Crippen LogP contribution in [0.2, 0.25) is 0 Å². The molecular formula is C19H34IN5O3S. The highest BCUT2D eigenvalue weighted by molar-refractivity contribution is 14.0. The molecule has 2 heterocycles. The molecule has 29 heavy (non-hydrogen) atoms. The molecule has 1 aromatic heterocycles. The van der Waals surface area contributed by atoms with Crippen LogP contribution in [0.4, 0.5) is 0 Å². The predicted octanol–water partition coefficient (Wildman–Crippen LogP) is 2.68. The first-order chi connectivity index (χ1) is 13.6. The second kappa shape index (κ2) is 12.1. The second-order valence-corrected chi connectivity index (χ2v) is 9.72. The molecule has 8 nitrogen and oxygen atoms in total. The zero-order valence-electron chi connectivity index (χ0n) is 17.3. The molecule has 166 valence electrons. The SMILES string of the molecule is CN=C(NCCCCC1CCCC1)N1CCN(S(=O)(=O)Cc2ccon2)CC1.I. The van der Waals surface area contributed by atoms with E-state index in [9.17, 15) is 8.42 Å². The van der Waals surface area contributed by atoms with E-state index in [0.29, 0.717) is 31.9 Å². The van der Waals surface area contributed by atoms with Crippen LogP contribution in [-0.4, -0.2) is 68.5 Å². The van der Waals surface area contributed by atoms with Crippen molar-refractivity contribution < 1.29 is 12.9 Å². The molecule has 1 saturated carbocycles. The topological polar surface area (TPSA) is 91.0 Å². The highest BCUT2D eigenvalue weighted by Crippen LogP contribution is 2.28. The van der Waals surface area contributed by atoms with Crippen molar-refractivity contribution in [3.8, 4) is 0 Å². The summed E-state index contributed by atoms with van der Waals surface area (Å²) in [6.45, 7) is 3.12. The molecule has 0 atom stereocenters. The Kier molecular flexibility index (Phi) is 10.2.